The van der Waals surface area contributed by atoms with Crippen molar-refractivity contribution in [3.8, 4) is 17.2 Å². The van der Waals surface area contributed by atoms with Gasteiger partial charge < -0.3 is 24.8 Å². The fraction of sp³-hybridized carbons (Fsp3) is 0.267. The summed E-state index contributed by atoms with van der Waals surface area (Å²) in [5.41, 5.74) is 1.65. The number of carbonyl (C=O) groups excluding carboxylic acids is 3. The Bertz CT molecular complexity index is 1480. The molecule has 0 heterocycles. The number of ether oxygens (including phenoxy) is 3. The van der Waals surface area contributed by atoms with Gasteiger partial charge in [0.05, 0.1) is 34.2 Å². The fourth-order valence-electron chi connectivity index (χ4n) is 3.60. The van der Waals surface area contributed by atoms with Crippen LogP contribution in [0.4, 0.5) is 24.5 Å². The Hall–Kier alpha value is -4.34. The van der Waals surface area contributed by atoms with Crippen LogP contribution in [-0.2, 0) is 20.6 Å². The highest BCUT2D eigenvalue weighted by Gasteiger charge is 2.33. The van der Waals surface area contributed by atoms with Crippen molar-refractivity contribution < 1.29 is 41.8 Å². The number of hydrogen-bond donors (Lipinski definition) is 3. The Labute approximate surface area is 265 Å². The smallest absolute Gasteiger partial charge is 0.418 e. The van der Waals surface area contributed by atoms with Gasteiger partial charge in [-0.1, -0.05) is 25.5 Å². The summed E-state index contributed by atoms with van der Waals surface area (Å²) in [7, 11) is 0. The molecule has 14 heteroatoms. The molecule has 0 radical (unpaired) electrons. The predicted molar refractivity (Wildman–Crippen MR) is 167 cm³/mol. The van der Waals surface area contributed by atoms with Gasteiger partial charge in [0.25, 0.3) is 5.91 Å². The van der Waals surface area contributed by atoms with E-state index < -0.39 is 36.1 Å². The van der Waals surface area contributed by atoms with Gasteiger partial charge in [-0.25, -0.2) is 5.43 Å². The van der Waals surface area contributed by atoms with Crippen molar-refractivity contribution in [1.29, 1.82) is 0 Å². The van der Waals surface area contributed by atoms with Crippen molar-refractivity contribution in [1.82, 2.24) is 5.43 Å². The standard InChI is InChI=1S/C30H30F3IN4O6/c1-3-5-14-43-21-12-10-20(11-13-21)36-28(40)29(41)38-35-17-19-15-23(34)27(25(16-19)42-4-2)44-18-26(39)37-24-9-7-6-8-22(24)30(31,32)33/h6-13,15-17H,3-5,14,18H2,1-2H3,(H,36,40)(H,37,39)(H,38,41)/b35-17-. The first-order valence-electron chi connectivity index (χ1n) is 13.4. The van der Waals surface area contributed by atoms with Crippen molar-refractivity contribution in [2.75, 3.05) is 30.5 Å². The number of carbonyl (C=O) groups is 3. The van der Waals surface area contributed by atoms with E-state index in [1.165, 1.54) is 24.4 Å². The van der Waals surface area contributed by atoms with Crippen molar-refractivity contribution in [2.24, 2.45) is 5.10 Å². The van der Waals surface area contributed by atoms with Gasteiger partial charge in [0, 0.05) is 5.69 Å². The molecular formula is C30H30F3IN4O6. The van der Waals surface area contributed by atoms with Crippen molar-refractivity contribution in [3.63, 3.8) is 0 Å². The topological polar surface area (TPSA) is 127 Å². The SMILES string of the molecule is CCCCOc1ccc(NC(=O)C(=O)N/N=C\c2cc(I)c(OCC(=O)Nc3ccccc3C(F)(F)F)c(OCC)c2)cc1. The Morgan fingerprint density at radius 2 is 1.66 bits per heavy atom. The van der Waals surface area contributed by atoms with Crippen LogP contribution in [-0.4, -0.2) is 43.8 Å². The van der Waals surface area contributed by atoms with Crippen LogP contribution in [0.25, 0.3) is 0 Å². The second-order valence-electron chi connectivity index (χ2n) is 9.02. The summed E-state index contributed by atoms with van der Waals surface area (Å²) in [4.78, 5) is 36.9. The van der Waals surface area contributed by atoms with Crippen LogP contribution in [0.15, 0.2) is 65.8 Å². The van der Waals surface area contributed by atoms with E-state index in [4.69, 9.17) is 14.2 Å². The number of rotatable bonds is 13. The maximum atomic E-state index is 13.2. The van der Waals surface area contributed by atoms with Crippen LogP contribution in [0.5, 0.6) is 17.2 Å². The first kappa shape index (κ1) is 34.2. The van der Waals surface area contributed by atoms with E-state index in [0.717, 1.165) is 25.0 Å². The van der Waals surface area contributed by atoms with Gasteiger partial charge in [-0.3, -0.25) is 14.4 Å². The zero-order chi connectivity index (χ0) is 32.1. The Balaban J connectivity index is 1.58. The Kier molecular flexibility index (Phi) is 12.8. The third-order valence-corrected chi connectivity index (χ3v) is 6.45. The molecule has 0 saturated heterocycles. The number of anilines is 2. The molecule has 0 aliphatic carbocycles. The summed E-state index contributed by atoms with van der Waals surface area (Å²) < 4.78 is 57.0. The maximum absolute atomic E-state index is 13.2. The van der Waals surface area contributed by atoms with Crippen LogP contribution >= 0.6 is 22.6 Å². The molecule has 0 spiro atoms. The third-order valence-electron chi connectivity index (χ3n) is 5.65. The second-order valence-corrected chi connectivity index (χ2v) is 10.2. The molecular weight excluding hydrogens is 696 g/mol. The Morgan fingerprint density at radius 1 is 0.932 bits per heavy atom. The number of unbranched alkanes of at least 4 members (excludes halogenated alkanes) is 1. The van der Waals surface area contributed by atoms with Gasteiger partial charge in [0.15, 0.2) is 18.1 Å². The summed E-state index contributed by atoms with van der Waals surface area (Å²) in [6.07, 6.45) is -1.43. The van der Waals surface area contributed by atoms with Crippen LogP contribution in [0.1, 0.15) is 37.8 Å². The second kappa shape index (κ2) is 16.5. The average Bonchev–Trinajstić information content (AvgIpc) is 2.97. The molecule has 44 heavy (non-hydrogen) atoms. The molecule has 234 valence electrons. The highest BCUT2D eigenvalue weighted by Crippen LogP contribution is 2.35. The van der Waals surface area contributed by atoms with Gasteiger partial charge in [-0.05, 0) is 90.0 Å². The number of benzene rings is 3. The van der Waals surface area contributed by atoms with Gasteiger partial charge in [0.2, 0.25) is 0 Å². The summed E-state index contributed by atoms with van der Waals surface area (Å²) in [6, 6.07) is 14.3. The molecule has 0 aliphatic heterocycles. The van der Waals surface area contributed by atoms with E-state index in [1.54, 1.807) is 37.3 Å². The zero-order valence-electron chi connectivity index (χ0n) is 23.8. The van der Waals surface area contributed by atoms with E-state index >= 15 is 0 Å². The molecule has 0 aliphatic rings. The maximum Gasteiger partial charge on any atom is 0.418 e. The van der Waals surface area contributed by atoms with E-state index in [9.17, 15) is 27.6 Å². The van der Waals surface area contributed by atoms with Crippen molar-refractivity contribution >= 4 is 57.9 Å². The van der Waals surface area contributed by atoms with Gasteiger partial charge >= 0.3 is 18.0 Å². The van der Waals surface area contributed by atoms with Gasteiger partial charge in [-0.15, -0.1) is 0 Å². The van der Waals surface area contributed by atoms with Crippen LogP contribution in [0, 0.1) is 3.57 Å². The summed E-state index contributed by atoms with van der Waals surface area (Å²) >= 11 is 1.93. The molecule has 10 nitrogen and oxygen atoms in total. The third kappa shape index (κ3) is 10.4. The number of nitrogens with zero attached hydrogens (tertiary/aromatic N) is 1. The van der Waals surface area contributed by atoms with Crippen molar-refractivity contribution in [2.45, 2.75) is 32.9 Å². The van der Waals surface area contributed by atoms with Crippen molar-refractivity contribution in [3.05, 3.63) is 75.4 Å². The normalized spacial score (nSPS) is 11.1. The quantitative estimate of drug-likeness (QED) is 0.0653. The fourth-order valence-corrected chi connectivity index (χ4v) is 4.38. The zero-order valence-corrected chi connectivity index (χ0v) is 26.0. The summed E-state index contributed by atoms with van der Waals surface area (Å²) in [5, 5.41) is 8.51. The lowest BCUT2D eigenvalue weighted by atomic mass is 10.1. The lowest BCUT2D eigenvalue weighted by Gasteiger charge is -2.16. The van der Waals surface area contributed by atoms with E-state index in [2.05, 4.69) is 28.1 Å². The molecule has 0 bridgehead atoms. The minimum atomic E-state index is -4.64. The van der Waals surface area contributed by atoms with Crippen LogP contribution in [0.2, 0.25) is 0 Å². The molecule has 0 fully saturated rings. The summed E-state index contributed by atoms with van der Waals surface area (Å²) in [6.45, 7) is 4.02. The van der Waals surface area contributed by atoms with Crippen LogP contribution < -0.4 is 30.3 Å². The average molecular weight is 726 g/mol. The highest BCUT2D eigenvalue weighted by molar-refractivity contribution is 14.1. The molecule has 3 aromatic rings. The molecule has 3 rings (SSSR count). The first-order valence-corrected chi connectivity index (χ1v) is 14.5. The molecule has 0 aromatic heterocycles. The number of hydrogen-bond acceptors (Lipinski definition) is 7. The number of alkyl halides is 3. The number of nitrogens with one attached hydrogen (secondary N) is 3. The molecule has 3 N–H and O–H groups in total. The lowest BCUT2D eigenvalue weighted by Crippen LogP contribution is -2.32. The predicted octanol–water partition coefficient (Wildman–Crippen LogP) is 5.99. The minimum absolute atomic E-state index is 0.189. The Morgan fingerprint density at radius 3 is 2.34 bits per heavy atom. The van der Waals surface area contributed by atoms with E-state index in [0.29, 0.717) is 27.2 Å². The number of para-hydroxylation sites is 1. The molecule has 0 atom stereocenters. The van der Waals surface area contributed by atoms with E-state index in [1.807, 2.05) is 22.6 Å². The monoisotopic (exact) mass is 726 g/mol. The van der Waals surface area contributed by atoms with E-state index in [-0.39, 0.29) is 23.8 Å². The highest BCUT2D eigenvalue weighted by atomic mass is 127. The molecule has 0 unspecified atom stereocenters. The summed E-state index contributed by atoms with van der Waals surface area (Å²) in [5.74, 6) is -1.65. The number of halogens is 4. The van der Waals surface area contributed by atoms with Crippen LogP contribution in [0.3, 0.4) is 0 Å². The minimum Gasteiger partial charge on any atom is -0.494 e. The number of hydrazone groups is 1. The first-order chi connectivity index (χ1) is 21.0. The molecule has 0 saturated carbocycles. The lowest BCUT2D eigenvalue weighted by molar-refractivity contribution is -0.137. The molecule has 3 aromatic carbocycles. The van der Waals surface area contributed by atoms with Gasteiger partial charge in [-0.2, -0.15) is 18.3 Å². The molecule has 3 amide bonds. The van der Waals surface area contributed by atoms with Gasteiger partial charge in [0.1, 0.15) is 5.75 Å². The number of amides is 3. The largest absolute Gasteiger partial charge is 0.494 e.